The van der Waals surface area contributed by atoms with Crippen molar-refractivity contribution in [1.82, 2.24) is 0 Å². The fraction of sp³-hybridized carbons (Fsp3) is 0.391. The van der Waals surface area contributed by atoms with Crippen LogP contribution in [0.5, 0.6) is 0 Å². The van der Waals surface area contributed by atoms with Gasteiger partial charge in [0.1, 0.15) is 5.60 Å². The molecular weight excluding hydrogens is 402 g/mol. The maximum atomic E-state index is 12.3. The van der Waals surface area contributed by atoms with Crippen molar-refractivity contribution in [2.45, 2.75) is 47.1 Å². The minimum Gasteiger partial charge on any atom is -0.475 e. The summed E-state index contributed by atoms with van der Waals surface area (Å²) in [5.74, 6) is -2.43. The molecule has 0 atom stereocenters. The Kier molecular flexibility index (Phi) is 10.1. The second kappa shape index (κ2) is 12.2. The summed E-state index contributed by atoms with van der Waals surface area (Å²) < 4.78 is 16.5. The number of carbonyl (C=O) groups excluding carboxylic acids is 2. The molecule has 1 rings (SSSR count). The zero-order valence-electron chi connectivity index (χ0n) is 18.8. The molecule has 168 valence electrons. The third-order valence-corrected chi connectivity index (χ3v) is 3.32. The van der Waals surface area contributed by atoms with Crippen LogP contribution >= 0.6 is 0 Å². The fourth-order valence-electron chi connectivity index (χ4n) is 2.15. The first-order valence-electron chi connectivity index (χ1n) is 9.85. The molecule has 1 aromatic rings. The van der Waals surface area contributed by atoms with Gasteiger partial charge >= 0.3 is 23.6 Å². The second-order valence-electron chi connectivity index (χ2n) is 7.14. The highest BCUT2D eigenvalue weighted by Crippen LogP contribution is 2.16. The number of nitrogens with zero attached hydrogens (tertiary/aromatic N) is 1. The van der Waals surface area contributed by atoms with E-state index in [0.717, 1.165) is 0 Å². The first-order chi connectivity index (χ1) is 14.6. The van der Waals surface area contributed by atoms with Crippen LogP contribution in [0.4, 0.5) is 5.69 Å². The number of hydrogen-bond acceptors (Lipinski definition) is 7. The lowest BCUT2D eigenvalue weighted by molar-refractivity contribution is -0.711. The lowest BCUT2D eigenvalue weighted by atomic mass is 10.2. The van der Waals surface area contributed by atoms with Crippen molar-refractivity contribution < 1.29 is 38.5 Å². The van der Waals surface area contributed by atoms with Crippen LogP contribution in [0.3, 0.4) is 0 Å². The van der Waals surface area contributed by atoms with E-state index in [1.54, 1.807) is 65.8 Å². The zero-order valence-corrected chi connectivity index (χ0v) is 18.8. The first-order valence-corrected chi connectivity index (χ1v) is 9.85. The van der Waals surface area contributed by atoms with E-state index in [2.05, 4.69) is 5.73 Å². The van der Waals surface area contributed by atoms with Crippen molar-refractivity contribution in [3.8, 4) is 0 Å². The second-order valence-corrected chi connectivity index (χ2v) is 7.14. The van der Waals surface area contributed by atoms with Crippen LogP contribution in [0.1, 0.15) is 41.5 Å². The number of para-hydroxylation sites is 1. The van der Waals surface area contributed by atoms with E-state index in [4.69, 9.17) is 19.0 Å². The molecule has 0 saturated carbocycles. The molecule has 0 aromatic heterocycles. The number of esters is 2. The van der Waals surface area contributed by atoms with Crippen LogP contribution in [0, 0.1) is 0 Å². The predicted octanol–water partition coefficient (Wildman–Crippen LogP) is 4.10. The normalized spacial score (nSPS) is 11.8. The van der Waals surface area contributed by atoms with Crippen molar-refractivity contribution in [2.24, 2.45) is 0 Å². The first kappa shape index (κ1) is 25.5. The Labute approximate surface area is 182 Å². The highest BCUT2D eigenvalue weighted by Gasteiger charge is 2.25. The largest absolute Gasteiger partial charge is 0.475 e. The molecular formula is C23H30NO7+. The van der Waals surface area contributed by atoms with Crippen LogP contribution in [0.25, 0.3) is 0 Å². The van der Waals surface area contributed by atoms with Crippen molar-refractivity contribution >= 4 is 23.3 Å². The summed E-state index contributed by atoms with van der Waals surface area (Å²) in [5, 5.41) is 9.82. The topological polar surface area (TPSA) is 94.3 Å². The Morgan fingerprint density at radius 3 is 2.23 bits per heavy atom. The quantitative estimate of drug-likeness (QED) is 0.119. The molecule has 1 N–H and O–H groups in total. The minimum absolute atomic E-state index is 0.0926. The van der Waals surface area contributed by atoms with Gasteiger partial charge < -0.3 is 19.3 Å². The number of ether oxygens (including phenoxy) is 3. The monoisotopic (exact) mass is 432 g/mol. The van der Waals surface area contributed by atoms with Gasteiger partial charge in [-0.1, -0.05) is 18.2 Å². The van der Waals surface area contributed by atoms with Gasteiger partial charge in [-0.25, -0.2) is 14.4 Å². The van der Waals surface area contributed by atoms with Gasteiger partial charge in [0.25, 0.3) is 5.69 Å². The van der Waals surface area contributed by atoms with Gasteiger partial charge in [0.05, 0.1) is 13.2 Å². The molecule has 0 bridgehead atoms. The summed E-state index contributed by atoms with van der Waals surface area (Å²) in [6, 6.07) is 8.84. The molecule has 0 spiro atoms. The number of allylic oxidation sites excluding steroid dienone is 1. The van der Waals surface area contributed by atoms with E-state index in [-0.39, 0.29) is 13.2 Å². The Hall–Kier alpha value is -3.51. The molecule has 0 heterocycles. The van der Waals surface area contributed by atoms with E-state index in [0.29, 0.717) is 11.4 Å². The number of benzene rings is 1. The fourth-order valence-corrected chi connectivity index (χ4v) is 2.15. The molecule has 0 saturated heterocycles. The van der Waals surface area contributed by atoms with E-state index >= 15 is 0 Å². The van der Waals surface area contributed by atoms with E-state index in [1.807, 2.05) is 6.07 Å². The maximum Gasteiger partial charge on any atom is 0.390 e. The summed E-state index contributed by atoms with van der Waals surface area (Å²) in [5.41, 5.74) is 2.71. The van der Waals surface area contributed by atoms with Crippen LogP contribution in [0.2, 0.25) is 0 Å². The summed E-state index contributed by atoms with van der Waals surface area (Å²) in [4.78, 5) is 30.1. The minimum atomic E-state index is -0.849. The van der Waals surface area contributed by atoms with Gasteiger partial charge in [0, 0.05) is 41.7 Å². The molecule has 1 aromatic carbocycles. The van der Waals surface area contributed by atoms with Gasteiger partial charge in [-0.05, 0) is 34.6 Å². The van der Waals surface area contributed by atoms with E-state index in [9.17, 15) is 14.7 Å². The van der Waals surface area contributed by atoms with Crippen LogP contribution in [-0.2, 0) is 28.6 Å². The average Bonchev–Trinajstić information content (AvgIpc) is 2.69. The van der Waals surface area contributed by atoms with Crippen LogP contribution in [0.15, 0.2) is 59.9 Å². The maximum absolute atomic E-state index is 12.3. The van der Waals surface area contributed by atoms with Gasteiger partial charge in [-0.15, -0.1) is 0 Å². The number of aliphatic hydroxyl groups excluding tert-OH is 1. The molecule has 0 radical (unpaired) electrons. The van der Waals surface area contributed by atoms with Crippen molar-refractivity contribution in [3.05, 3.63) is 59.9 Å². The molecule has 31 heavy (non-hydrogen) atoms. The van der Waals surface area contributed by atoms with Gasteiger partial charge in [-0.3, -0.25) is 0 Å². The summed E-state index contributed by atoms with van der Waals surface area (Å²) >= 11 is 0. The number of carbonyl (C=O) groups is 2. The van der Waals surface area contributed by atoms with Gasteiger partial charge in [0.15, 0.2) is 0 Å². The number of hydrogen-bond donors (Lipinski definition) is 1. The Balaban J connectivity index is 3.44. The molecule has 0 aliphatic heterocycles. The Morgan fingerprint density at radius 2 is 1.68 bits per heavy atom. The standard InChI is InChI=1S/C23H29NO7/c1-7-28-21(26)16-19(22(27)29-8-2)31-24(18-12-10-9-11-13-18)17(3)14-15-20(25)30-23(4,5)6/h9-15H,7-8H2,1-6H3/p+1/b15-14+,24-17-. The smallest absolute Gasteiger partial charge is 0.390 e. The third-order valence-electron chi connectivity index (χ3n) is 3.32. The van der Waals surface area contributed by atoms with Gasteiger partial charge in [0.2, 0.25) is 5.71 Å². The van der Waals surface area contributed by atoms with Crippen molar-refractivity contribution in [2.75, 3.05) is 13.2 Å². The molecule has 0 amide bonds. The van der Waals surface area contributed by atoms with E-state index < -0.39 is 29.2 Å². The molecule has 0 unspecified atom stereocenters. The molecule has 0 aliphatic rings. The van der Waals surface area contributed by atoms with E-state index in [1.165, 1.54) is 16.9 Å². The lowest BCUT2D eigenvalue weighted by Gasteiger charge is -2.17. The zero-order chi connectivity index (χ0) is 23.4. The predicted molar refractivity (Wildman–Crippen MR) is 115 cm³/mol. The van der Waals surface area contributed by atoms with Crippen LogP contribution < -0.4 is 0 Å². The Morgan fingerprint density at radius 1 is 1.06 bits per heavy atom. The Bertz CT molecular complexity index is 886. The highest BCUT2D eigenvalue weighted by atomic mass is 16.7. The van der Waals surface area contributed by atoms with Gasteiger partial charge in [-0.2, -0.15) is 0 Å². The molecule has 8 heteroatoms. The summed E-state index contributed by atoms with van der Waals surface area (Å²) in [6.07, 6.45) is 2.73. The average molecular weight is 432 g/mol. The highest BCUT2D eigenvalue weighted by molar-refractivity contribution is 5.95. The van der Waals surface area contributed by atoms with Crippen LogP contribution in [-0.4, -0.2) is 46.3 Å². The molecule has 0 aliphatic carbocycles. The van der Waals surface area contributed by atoms with Crippen molar-refractivity contribution in [3.63, 3.8) is 0 Å². The summed E-state index contributed by atoms with van der Waals surface area (Å²) in [6.45, 7) is 10.5. The third kappa shape index (κ3) is 9.69. The number of aliphatic hydroxyl groups is 1. The van der Waals surface area contributed by atoms with Crippen molar-refractivity contribution in [1.29, 1.82) is 0 Å². The SMILES string of the molecule is CCOC(=O)C(=C=C(O)OCC)O/[N+](=C(C)\C=C\C(=O)OC(C)(C)C)c1ccccc1. The number of rotatable bonds is 9. The molecule has 8 nitrogen and oxygen atoms in total. The molecule has 0 fully saturated rings. The lowest BCUT2D eigenvalue weighted by Crippen LogP contribution is -2.23. The summed E-state index contributed by atoms with van der Waals surface area (Å²) in [7, 11) is 0.